The molecule has 1 saturated heterocycles. The van der Waals surface area contributed by atoms with Crippen LogP contribution in [0.3, 0.4) is 0 Å². The molecule has 2 heterocycles. The van der Waals surface area contributed by atoms with Crippen LogP contribution in [0.2, 0.25) is 0 Å². The van der Waals surface area contributed by atoms with Crippen LogP contribution in [0.15, 0.2) is 21.9 Å². The summed E-state index contributed by atoms with van der Waals surface area (Å²) in [5.74, 6) is -4.58. The smallest absolute Gasteiger partial charge is 0.439 e. The molecule has 3 amide bonds. The van der Waals surface area contributed by atoms with Crippen LogP contribution in [0.5, 0.6) is 0 Å². The standard InChI is InChI=1S/C20H25F6N5O9/c21-19(22,23)15(35)27-4-1-6-30(16(36)20(24,25)26)7-2-5-28-18(38)40-13-12(34)10(9-32)39-14(13)31-8-3-11(33)29-17(31)37/h3,8,10,12-14,32,34H,1-2,4-7,9H2,(H,27,35)(H,28,38)(H,29,33,37)/t10-,12-,13-,14-/m1/s1. The van der Waals surface area contributed by atoms with Crippen LogP contribution in [-0.4, -0.2) is 106 Å². The zero-order valence-electron chi connectivity index (χ0n) is 20.3. The molecular formula is C20H25F6N5O9. The average molecular weight is 593 g/mol. The summed E-state index contributed by atoms with van der Waals surface area (Å²) in [4.78, 5) is 60.2. The fraction of sp³-hybridized carbons (Fsp3) is 0.650. The van der Waals surface area contributed by atoms with Crippen molar-refractivity contribution >= 4 is 17.9 Å². The van der Waals surface area contributed by atoms with E-state index < -0.39 is 98.7 Å². The number of carbonyl (C=O) groups is 3. The number of nitrogens with one attached hydrogen (secondary N) is 3. The Morgan fingerprint density at radius 1 is 1.05 bits per heavy atom. The molecule has 1 aliphatic rings. The summed E-state index contributed by atoms with van der Waals surface area (Å²) in [7, 11) is 0. The number of alkyl halides is 6. The third-order valence-corrected chi connectivity index (χ3v) is 5.41. The fourth-order valence-electron chi connectivity index (χ4n) is 3.54. The number of aromatic nitrogens is 2. The minimum absolute atomic E-state index is 0.280. The van der Waals surface area contributed by atoms with E-state index in [4.69, 9.17) is 9.47 Å². The topological polar surface area (TPSA) is 192 Å². The van der Waals surface area contributed by atoms with Gasteiger partial charge in [-0.15, -0.1) is 0 Å². The first-order chi connectivity index (χ1) is 18.6. The number of rotatable bonds is 11. The fourth-order valence-corrected chi connectivity index (χ4v) is 3.54. The van der Waals surface area contributed by atoms with Crippen LogP contribution in [-0.2, 0) is 19.1 Å². The van der Waals surface area contributed by atoms with Crippen molar-refractivity contribution in [2.24, 2.45) is 0 Å². The second kappa shape index (κ2) is 13.6. The maximum atomic E-state index is 12.9. The highest BCUT2D eigenvalue weighted by molar-refractivity contribution is 5.82. The van der Waals surface area contributed by atoms with Crippen molar-refractivity contribution in [2.45, 2.75) is 49.7 Å². The summed E-state index contributed by atoms with van der Waals surface area (Å²) >= 11 is 0. The molecule has 20 heteroatoms. The van der Waals surface area contributed by atoms with E-state index in [1.807, 2.05) is 4.98 Å². The van der Waals surface area contributed by atoms with Crippen molar-refractivity contribution in [3.63, 3.8) is 0 Å². The number of halogens is 6. The van der Waals surface area contributed by atoms with Crippen molar-refractivity contribution in [1.82, 2.24) is 25.1 Å². The number of hydrogen-bond donors (Lipinski definition) is 5. The number of ether oxygens (including phenoxy) is 2. The second-order valence-corrected chi connectivity index (χ2v) is 8.30. The number of aliphatic hydroxyl groups excluding tert-OH is 2. The lowest BCUT2D eigenvalue weighted by molar-refractivity contribution is -0.185. The zero-order valence-corrected chi connectivity index (χ0v) is 20.3. The zero-order chi connectivity index (χ0) is 30.3. The van der Waals surface area contributed by atoms with E-state index >= 15 is 0 Å². The van der Waals surface area contributed by atoms with Crippen molar-refractivity contribution in [3.05, 3.63) is 33.1 Å². The SMILES string of the molecule is O=C(NCCCN(CCCNC(=O)C(F)(F)F)C(=O)C(F)(F)F)O[C@@H]1[C@H](O)[C@@H](CO)O[C@H]1n1ccc(=O)[nH]c1=O. The summed E-state index contributed by atoms with van der Waals surface area (Å²) < 4.78 is 86.4. The van der Waals surface area contributed by atoms with Gasteiger partial charge in [-0.05, 0) is 12.8 Å². The second-order valence-electron chi connectivity index (χ2n) is 8.30. The lowest BCUT2D eigenvalue weighted by Gasteiger charge is -2.24. The molecule has 0 unspecified atom stereocenters. The van der Waals surface area contributed by atoms with Gasteiger partial charge < -0.3 is 35.2 Å². The number of alkyl carbamates (subject to hydrolysis) is 1. The lowest BCUT2D eigenvalue weighted by Crippen LogP contribution is -2.44. The van der Waals surface area contributed by atoms with E-state index in [0.29, 0.717) is 0 Å². The van der Waals surface area contributed by atoms with Crippen LogP contribution in [0.4, 0.5) is 31.1 Å². The van der Waals surface area contributed by atoms with E-state index in [1.165, 1.54) is 5.32 Å². The van der Waals surface area contributed by atoms with E-state index in [1.54, 1.807) is 0 Å². The van der Waals surface area contributed by atoms with Gasteiger partial charge in [0.2, 0.25) is 0 Å². The summed E-state index contributed by atoms with van der Waals surface area (Å²) in [5, 5.41) is 23.3. The van der Waals surface area contributed by atoms with Crippen LogP contribution < -0.4 is 21.9 Å². The van der Waals surface area contributed by atoms with Gasteiger partial charge in [-0.3, -0.25) is 23.9 Å². The van der Waals surface area contributed by atoms with E-state index in [-0.39, 0.29) is 17.9 Å². The van der Waals surface area contributed by atoms with Crippen molar-refractivity contribution in [3.8, 4) is 0 Å². The molecule has 14 nitrogen and oxygen atoms in total. The van der Waals surface area contributed by atoms with Crippen LogP contribution in [0.1, 0.15) is 19.1 Å². The third kappa shape index (κ3) is 8.95. The number of amides is 3. The number of aromatic amines is 1. The third-order valence-electron chi connectivity index (χ3n) is 5.41. The largest absolute Gasteiger partial charge is 0.471 e. The first-order valence-electron chi connectivity index (χ1n) is 11.5. The maximum absolute atomic E-state index is 12.9. The molecular weight excluding hydrogens is 568 g/mol. The van der Waals surface area contributed by atoms with Gasteiger partial charge in [-0.2, -0.15) is 26.3 Å². The first-order valence-corrected chi connectivity index (χ1v) is 11.5. The Bertz CT molecular complexity index is 1160. The van der Waals surface area contributed by atoms with E-state index in [0.717, 1.165) is 16.8 Å². The Balaban J connectivity index is 1.93. The van der Waals surface area contributed by atoms with E-state index in [2.05, 4.69) is 5.32 Å². The molecule has 4 atom stereocenters. The van der Waals surface area contributed by atoms with Gasteiger partial charge in [0.05, 0.1) is 6.61 Å². The normalized spacial score (nSPS) is 21.1. The first kappa shape index (κ1) is 32.6. The summed E-state index contributed by atoms with van der Waals surface area (Å²) in [6.45, 7) is -3.03. The van der Waals surface area contributed by atoms with Crippen LogP contribution >= 0.6 is 0 Å². The Morgan fingerprint density at radius 2 is 1.65 bits per heavy atom. The molecule has 1 fully saturated rings. The molecule has 0 aromatic carbocycles. The molecule has 5 N–H and O–H groups in total. The molecule has 0 radical (unpaired) electrons. The van der Waals surface area contributed by atoms with Crippen LogP contribution in [0, 0.1) is 0 Å². The number of carbonyl (C=O) groups excluding carboxylic acids is 3. The monoisotopic (exact) mass is 593 g/mol. The van der Waals surface area contributed by atoms with Gasteiger partial charge in [0.1, 0.15) is 12.2 Å². The molecule has 40 heavy (non-hydrogen) atoms. The Morgan fingerprint density at radius 3 is 2.17 bits per heavy atom. The van der Waals surface area contributed by atoms with Crippen LogP contribution in [0.25, 0.3) is 0 Å². The summed E-state index contributed by atoms with van der Waals surface area (Å²) in [5.41, 5.74) is -1.73. The highest BCUT2D eigenvalue weighted by atomic mass is 19.4. The molecule has 226 valence electrons. The summed E-state index contributed by atoms with van der Waals surface area (Å²) in [6, 6.07) is 0.943. The van der Waals surface area contributed by atoms with E-state index in [9.17, 15) is 60.5 Å². The molecule has 1 aromatic heterocycles. The lowest BCUT2D eigenvalue weighted by atomic mass is 10.1. The molecule has 1 aromatic rings. The minimum Gasteiger partial charge on any atom is -0.439 e. The highest BCUT2D eigenvalue weighted by Gasteiger charge is 2.47. The average Bonchev–Trinajstić information content (AvgIpc) is 3.16. The quantitative estimate of drug-likeness (QED) is 0.154. The van der Waals surface area contributed by atoms with Gasteiger partial charge in [0, 0.05) is 38.4 Å². The van der Waals surface area contributed by atoms with Gasteiger partial charge in [0.25, 0.3) is 5.56 Å². The van der Waals surface area contributed by atoms with Crippen molar-refractivity contribution in [1.29, 1.82) is 0 Å². The Labute approximate surface area is 219 Å². The number of aliphatic hydroxyl groups is 2. The molecule has 0 bridgehead atoms. The van der Waals surface area contributed by atoms with Gasteiger partial charge in [0.15, 0.2) is 12.3 Å². The minimum atomic E-state index is -5.29. The predicted molar refractivity (Wildman–Crippen MR) is 118 cm³/mol. The number of H-pyrrole nitrogens is 1. The predicted octanol–water partition coefficient (Wildman–Crippen LogP) is -1.27. The van der Waals surface area contributed by atoms with Gasteiger partial charge in [-0.1, -0.05) is 0 Å². The molecule has 2 rings (SSSR count). The summed E-state index contributed by atoms with van der Waals surface area (Å²) in [6.07, 6.45) is -17.4. The van der Waals surface area contributed by atoms with Gasteiger partial charge in [-0.25, -0.2) is 9.59 Å². The molecule has 1 aliphatic heterocycles. The molecule has 0 saturated carbocycles. The number of nitrogens with zero attached hydrogens (tertiary/aromatic N) is 2. The van der Waals surface area contributed by atoms with Crippen molar-refractivity contribution in [2.75, 3.05) is 32.8 Å². The maximum Gasteiger partial charge on any atom is 0.471 e. The van der Waals surface area contributed by atoms with Crippen molar-refractivity contribution < 1.29 is 60.4 Å². The molecule has 0 aliphatic carbocycles. The number of hydrogen-bond acceptors (Lipinski definition) is 9. The Kier molecular flexibility index (Phi) is 11.1. The van der Waals surface area contributed by atoms with Gasteiger partial charge >= 0.3 is 35.9 Å². The Hall–Kier alpha value is -3.65. The molecule has 0 spiro atoms. The highest BCUT2D eigenvalue weighted by Crippen LogP contribution is 2.30.